The highest BCUT2D eigenvalue weighted by atomic mass is 16.3. The smallest absolute Gasteiger partial charge is 0.0568 e. The van der Waals surface area contributed by atoms with Crippen LogP contribution in [0.5, 0.6) is 0 Å². The van der Waals surface area contributed by atoms with Crippen LogP contribution in [-0.2, 0) is 0 Å². The molecule has 0 spiro atoms. The average molecular weight is 168 g/mol. The summed E-state index contributed by atoms with van der Waals surface area (Å²) in [4.78, 5) is 0. The van der Waals surface area contributed by atoms with Gasteiger partial charge in [-0.05, 0) is 43.4 Å². The van der Waals surface area contributed by atoms with Gasteiger partial charge in [0.25, 0.3) is 0 Å². The molecule has 1 heteroatoms. The van der Waals surface area contributed by atoms with E-state index in [9.17, 15) is 5.11 Å². The summed E-state index contributed by atoms with van der Waals surface area (Å²) < 4.78 is 0. The molecule has 3 saturated carbocycles. The van der Waals surface area contributed by atoms with E-state index in [4.69, 9.17) is 0 Å². The summed E-state index contributed by atoms with van der Waals surface area (Å²) in [6, 6.07) is 0. The fraction of sp³-hybridized carbons (Fsp3) is 1.00. The molecule has 0 saturated heterocycles. The van der Waals surface area contributed by atoms with E-state index in [0.717, 1.165) is 18.3 Å². The van der Waals surface area contributed by atoms with Crippen molar-refractivity contribution in [3.05, 3.63) is 0 Å². The minimum Gasteiger partial charge on any atom is -0.393 e. The molecule has 0 heterocycles. The van der Waals surface area contributed by atoms with Crippen molar-refractivity contribution >= 4 is 0 Å². The third kappa shape index (κ3) is 1.39. The first-order valence-electron chi connectivity index (χ1n) is 5.49. The van der Waals surface area contributed by atoms with Crippen molar-refractivity contribution < 1.29 is 5.11 Å². The molecule has 3 fully saturated rings. The number of rotatable bonds is 2. The van der Waals surface area contributed by atoms with Crippen LogP contribution in [0.3, 0.4) is 0 Å². The normalized spacial score (nSPS) is 43.0. The lowest BCUT2D eigenvalue weighted by molar-refractivity contribution is -0.00499. The Bertz CT molecular complexity index is 147. The van der Waals surface area contributed by atoms with Crippen LogP contribution < -0.4 is 0 Å². The van der Waals surface area contributed by atoms with Crippen molar-refractivity contribution in [2.75, 3.05) is 0 Å². The Morgan fingerprint density at radius 2 is 1.92 bits per heavy atom. The molecule has 3 aliphatic carbocycles. The van der Waals surface area contributed by atoms with Crippen LogP contribution in [0, 0.1) is 17.8 Å². The summed E-state index contributed by atoms with van der Waals surface area (Å²) in [5, 5.41) is 9.80. The van der Waals surface area contributed by atoms with Gasteiger partial charge in [0.2, 0.25) is 0 Å². The molecule has 0 aliphatic heterocycles. The molecule has 0 radical (unpaired) electrons. The van der Waals surface area contributed by atoms with Crippen LogP contribution in [0.4, 0.5) is 0 Å². The number of hydrogen-bond acceptors (Lipinski definition) is 1. The maximum atomic E-state index is 9.80. The molecule has 0 aromatic rings. The Kier molecular flexibility index (Phi) is 2.40. The highest BCUT2D eigenvalue weighted by Gasteiger charge is 2.38. The van der Waals surface area contributed by atoms with Crippen molar-refractivity contribution in [1.82, 2.24) is 0 Å². The summed E-state index contributed by atoms with van der Waals surface area (Å²) in [5.41, 5.74) is 0. The second-order valence-corrected chi connectivity index (χ2v) is 4.66. The summed E-state index contributed by atoms with van der Waals surface area (Å²) in [5.74, 6) is 2.48. The predicted molar refractivity (Wildman–Crippen MR) is 49.9 cm³/mol. The molecule has 1 nitrogen and oxygen atoms in total. The molecule has 12 heavy (non-hydrogen) atoms. The summed E-state index contributed by atoms with van der Waals surface area (Å²) in [7, 11) is 0. The lowest BCUT2D eigenvalue weighted by Crippen LogP contribution is -2.37. The number of hydrogen-bond donors (Lipinski definition) is 1. The van der Waals surface area contributed by atoms with E-state index < -0.39 is 0 Å². The highest BCUT2D eigenvalue weighted by Crippen LogP contribution is 2.46. The van der Waals surface area contributed by atoms with Crippen molar-refractivity contribution in [3.63, 3.8) is 0 Å². The summed E-state index contributed by atoms with van der Waals surface area (Å²) >= 11 is 0. The Morgan fingerprint density at radius 3 is 2.33 bits per heavy atom. The number of fused-ring (bicyclic) bond motifs is 3. The molecule has 3 rings (SSSR count). The quantitative estimate of drug-likeness (QED) is 0.672. The van der Waals surface area contributed by atoms with Gasteiger partial charge in [-0.3, -0.25) is 0 Å². The highest BCUT2D eigenvalue weighted by molar-refractivity contribution is 4.89. The van der Waals surface area contributed by atoms with E-state index >= 15 is 0 Å². The lowest BCUT2D eigenvalue weighted by Gasteiger charge is -2.44. The van der Waals surface area contributed by atoms with E-state index in [0.29, 0.717) is 5.92 Å². The summed E-state index contributed by atoms with van der Waals surface area (Å²) in [6.45, 7) is 2.10. The monoisotopic (exact) mass is 168 g/mol. The maximum absolute atomic E-state index is 9.80. The Labute approximate surface area is 75.2 Å². The third-order valence-corrected chi connectivity index (χ3v) is 4.01. The van der Waals surface area contributed by atoms with Crippen LogP contribution >= 0.6 is 0 Å². The second kappa shape index (κ2) is 3.37. The van der Waals surface area contributed by atoms with Gasteiger partial charge in [-0.25, -0.2) is 0 Å². The molecule has 2 bridgehead atoms. The van der Waals surface area contributed by atoms with Crippen LogP contribution in [0.25, 0.3) is 0 Å². The van der Waals surface area contributed by atoms with Gasteiger partial charge in [-0.15, -0.1) is 0 Å². The zero-order chi connectivity index (χ0) is 8.55. The fourth-order valence-corrected chi connectivity index (χ4v) is 3.20. The Hall–Kier alpha value is -0.0400. The predicted octanol–water partition coefficient (Wildman–Crippen LogP) is 2.58. The van der Waals surface area contributed by atoms with Gasteiger partial charge in [0, 0.05) is 0 Å². The standard InChI is InChI=1S/C11H20O/c1-2-11(12)10-7-8-3-5-9(10)6-4-8/h8-12H,2-7H2,1H3. The van der Waals surface area contributed by atoms with Gasteiger partial charge in [-0.1, -0.05) is 19.8 Å². The van der Waals surface area contributed by atoms with Crippen LogP contribution in [0.15, 0.2) is 0 Å². The van der Waals surface area contributed by atoms with Gasteiger partial charge in [0.05, 0.1) is 6.10 Å². The van der Waals surface area contributed by atoms with Gasteiger partial charge in [-0.2, -0.15) is 0 Å². The molecule has 2 unspecified atom stereocenters. The Morgan fingerprint density at radius 1 is 1.25 bits per heavy atom. The van der Waals surface area contributed by atoms with Crippen molar-refractivity contribution in [2.24, 2.45) is 17.8 Å². The van der Waals surface area contributed by atoms with E-state index in [1.807, 2.05) is 0 Å². The number of aliphatic hydroxyl groups excluding tert-OH is 1. The molecule has 3 aliphatic rings. The van der Waals surface area contributed by atoms with Gasteiger partial charge < -0.3 is 5.11 Å². The molecule has 1 N–H and O–H groups in total. The molecule has 70 valence electrons. The topological polar surface area (TPSA) is 20.2 Å². The Balaban J connectivity index is 1.99. The van der Waals surface area contributed by atoms with E-state index in [2.05, 4.69) is 6.92 Å². The van der Waals surface area contributed by atoms with Crippen LogP contribution in [-0.4, -0.2) is 11.2 Å². The van der Waals surface area contributed by atoms with Crippen LogP contribution in [0.1, 0.15) is 45.4 Å². The van der Waals surface area contributed by atoms with E-state index in [-0.39, 0.29) is 6.10 Å². The molecule has 0 amide bonds. The zero-order valence-electron chi connectivity index (χ0n) is 8.00. The summed E-state index contributed by atoms with van der Waals surface area (Å²) in [6.07, 6.45) is 7.94. The first-order chi connectivity index (χ1) is 5.81. The minimum atomic E-state index is -0.00176. The molecule has 0 aromatic carbocycles. The SMILES string of the molecule is CCC(O)C1CC2CCC1CC2. The molecular weight excluding hydrogens is 148 g/mol. The van der Waals surface area contributed by atoms with Crippen molar-refractivity contribution in [3.8, 4) is 0 Å². The fourth-order valence-electron chi connectivity index (χ4n) is 3.20. The van der Waals surface area contributed by atoms with Crippen LogP contribution in [0.2, 0.25) is 0 Å². The largest absolute Gasteiger partial charge is 0.393 e. The minimum absolute atomic E-state index is 0.00176. The van der Waals surface area contributed by atoms with Crippen molar-refractivity contribution in [2.45, 2.75) is 51.6 Å². The molecular formula is C11H20O. The van der Waals surface area contributed by atoms with Gasteiger partial charge >= 0.3 is 0 Å². The molecule has 2 atom stereocenters. The molecule has 0 aromatic heterocycles. The van der Waals surface area contributed by atoms with E-state index in [1.165, 1.54) is 32.1 Å². The third-order valence-electron chi connectivity index (χ3n) is 4.01. The lowest BCUT2D eigenvalue weighted by atomic mass is 9.63. The second-order valence-electron chi connectivity index (χ2n) is 4.66. The zero-order valence-corrected chi connectivity index (χ0v) is 8.00. The van der Waals surface area contributed by atoms with Gasteiger partial charge in [0.1, 0.15) is 0 Å². The first-order valence-corrected chi connectivity index (χ1v) is 5.49. The first kappa shape index (κ1) is 8.55. The average Bonchev–Trinajstić information content (AvgIpc) is 2.18. The van der Waals surface area contributed by atoms with Crippen molar-refractivity contribution in [1.29, 1.82) is 0 Å². The van der Waals surface area contributed by atoms with Gasteiger partial charge in [0.15, 0.2) is 0 Å². The number of aliphatic hydroxyl groups is 1. The maximum Gasteiger partial charge on any atom is 0.0568 e. The van der Waals surface area contributed by atoms with E-state index in [1.54, 1.807) is 0 Å².